The van der Waals surface area contributed by atoms with E-state index in [9.17, 15) is 19.5 Å². The molecule has 0 saturated heterocycles. The van der Waals surface area contributed by atoms with E-state index < -0.39 is 42.0 Å². The molecule has 7 heteroatoms. The summed E-state index contributed by atoms with van der Waals surface area (Å²) >= 11 is 0. The zero-order valence-corrected chi connectivity index (χ0v) is 16.5. The van der Waals surface area contributed by atoms with Crippen LogP contribution in [0.3, 0.4) is 0 Å². The average Bonchev–Trinajstić information content (AvgIpc) is 2.53. The summed E-state index contributed by atoms with van der Waals surface area (Å²) in [6, 6.07) is 0. The zero-order chi connectivity index (χ0) is 20.5. The van der Waals surface area contributed by atoms with Crippen molar-refractivity contribution in [2.75, 3.05) is 26.2 Å². The number of allylic oxidation sites excluding steroid dienone is 2. The highest BCUT2D eigenvalue weighted by Crippen LogP contribution is 2.14. The lowest BCUT2D eigenvalue weighted by Gasteiger charge is -2.36. The van der Waals surface area contributed by atoms with Gasteiger partial charge >= 0.3 is 11.9 Å². The predicted octanol–water partition coefficient (Wildman–Crippen LogP) is 2.20. The number of carboxylic acid groups (broad SMARTS) is 3. The number of rotatable bonds is 18. The molecule has 0 amide bonds. The Morgan fingerprint density at radius 1 is 0.778 bits per heavy atom. The summed E-state index contributed by atoms with van der Waals surface area (Å²) in [7, 11) is 0. The van der Waals surface area contributed by atoms with Crippen LogP contribution in [-0.2, 0) is 14.4 Å². The van der Waals surface area contributed by atoms with Crippen LogP contribution in [-0.4, -0.2) is 58.8 Å². The van der Waals surface area contributed by atoms with Crippen molar-refractivity contribution in [2.45, 2.75) is 71.1 Å². The van der Waals surface area contributed by atoms with Gasteiger partial charge in [-0.2, -0.15) is 0 Å². The van der Waals surface area contributed by atoms with Crippen molar-refractivity contribution < 1.29 is 34.2 Å². The molecule has 0 aliphatic rings. The predicted molar refractivity (Wildman–Crippen MR) is 101 cm³/mol. The summed E-state index contributed by atoms with van der Waals surface area (Å²) < 4.78 is -0.502. The monoisotopic (exact) mass is 385 g/mol. The molecule has 156 valence electrons. The summed E-state index contributed by atoms with van der Waals surface area (Å²) in [5.41, 5.74) is 0. The van der Waals surface area contributed by atoms with Crippen molar-refractivity contribution in [1.82, 2.24) is 0 Å². The Hall–Kier alpha value is -1.89. The molecule has 7 nitrogen and oxygen atoms in total. The number of aliphatic carboxylic acids is 3. The molecule has 0 aliphatic carbocycles. The zero-order valence-electron chi connectivity index (χ0n) is 16.5. The molecule has 0 unspecified atom stereocenters. The van der Waals surface area contributed by atoms with Crippen molar-refractivity contribution >= 4 is 17.9 Å². The van der Waals surface area contributed by atoms with Crippen LogP contribution < -0.4 is 5.11 Å². The second-order valence-corrected chi connectivity index (χ2v) is 7.20. The van der Waals surface area contributed by atoms with Crippen LogP contribution in [0.4, 0.5) is 0 Å². The highest BCUT2D eigenvalue weighted by atomic mass is 16.4. The van der Waals surface area contributed by atoms with Gasteiger partial charge in [0.15, 0.2) is 13.1 Å². The van der Waals surface area contributed by atoms with Gasteiger partial charge in [0.1, 0.15) is 6.54 Å². The van der Waals surface area contributed by atoms with Gasteiger partial charge in [-0.05, 0) is 32.1 Å². The van der Waals surface area contributed by atoms with Crippen LogP contribution in [0.15, 0.2) is 12.2 Å². The lowest BCUT2D eigenvalue weighted by molar-refractivity contribution is -0.909. The molecule has 0 radical (unpaired) electrons. The lowest BCUT2D eigenvalue weighted by Crippen LogP contribution is -2.59. The summed E-state index contributed by atoms with van der Waals surface area (Å²) in [5, 5.41) is 29.1. The maximum Gasteiger partial charge on any atom is 0.359 e. The van der Waals surface area contributed by atoms with Crippen molar-refractivity contribution in [1.29, 1.82) is 0 Å². The summed E-state index contributed by atoms with van der Waals surface area (Å²) in [6.45, 7) is 0.711. The third-order valence-electron chi connectivity index (χ3n) is 4.56. The van der Waals surface area contributed by atoms with Gasteiger partial charge in [0.25, 0.3) is 0 Å². The van der Waals surface area contributed by atoms with Crippen LogP contribution in [0.2, 0.25) is 0 Å². The van der Waals surface area contributed by atoms with Crippen LogP contribution in [0.1, 0.15) is 71.1 Å². The molecule has 0 aromatic carbocycles. The molecule has 0 fully saturated rings. The fraction of sp³-hybridized carbons (Fsp3) is 0.750. The molecule has 0 aliphatic heterocycles. The Labute approximate surface area is 162 Å². The summed E-state index contributed by atoms with van der Waals surface area (Å²) in [6.07, 6.45) is 14.9. The maximum atomic E-state index is 11.1. The highest BCUT2D eigenvalue weighted by Gasteiger charge is 2.33. The molecule has 0 spiro atoms. The molecule has 0 bridgehead atoms. The summed E-state index contributed by atoms with van der Waals surface area (Å²) in [4.78, 5) is 33.1. The van der Waals surface area contributed by atoms with E-state index in [2.05, 4.69) is 19.1 Å². The topological polar surface area (TPSA) is 115 Å². The Balaban J connectivity index is 4.11. The van der Waals surface area contributed by atoms with Gasteiger partial charge in [0.2, 0.25) is 0 Å². The van der Waals surface area contributed by atoms with Crippen molar-refractivity contribution in [2.24, 2.45) is 0 Å². The van der Waals surface area contributed by atoms with Crippen LogP contribution >= 0.6 is 0 Å². The van der Waals surface area contributed by atoms with E-state index in [0.717, 1.165) is 38.5 Å². The molecule has 0 saturated carbocycles. The first-order valence-electron chi connectivity index (χ1n) is 9.95. The smallest absolute Gasteiger partial charge is 0.359 e. The molecule has 2 N–H and O–H groups in total. The number of carboxylic acids is 3. The van der Waals surface area contributed by atoms with Gasteiger partial charge in [0.05, 0.1) is 12.5 Å². The number of unbranched alkanes of at least 4 members (excludes halogenated alkanes) is 8. The Bertz CT molecular complexity index is 434. The first kappa shape index (κ1) is 25.1. The van der Waals surface area contributed by atoms with E-state index >= 15 is 0 Å². The quantitative estimate of drug-likeness (QED) is 0.212. The van der Waals surface area contributed by atoms with Gasteiger partial charge < -0.3 is 24.6 Å². The third-order valence-corrected chi connectivity index (χ3v) is 4.56. The standard InChI is InChI=1S/C20H35NO6/c1-2-3-4-5-6-7-8-9-10-11-12-13-14-21(15-18(22)23,16-19(24)25)17-20(26)27/h3-4H,2,5-17H2,1H3,(H2-,22,23,24,25,26,27)/b4-3+. The molecule has 0 aromatic heterocycles. The van der Waals surface area contributed by atoms with Gasteiger partial charge in [0, 0.05) is 0 Å². The highest BCUT2D eigenvalue weighted by molar-refractivity contribution is 5.72. The lowest BCUT2D eigenvalue weighted by atomic mass is 10.1. The Kier molecular flexibility index (Phi) is 14.1. The van der Waals surface area contributed by atoms with E-state index in [1.807, 2.05) is 0 Å². The first-order valence-corrected chi connectivity index (χ1v) is 9.95. The van der Waals surface area contributed by atoms with Crippen molar-refractivity contribution in [3.05, 3.63) is 12.2 Å². The second-order valence-electron chi connectivity index (χ2n) is 7.20. The number of hydrogen-bond acceptors (Lipinski definition) is 4. The maximum absolute atomic E-state index is 11.1. The average molecular weight is 386 g/mol. The van der Waals surface area contributed by atoms with E-state index in [1.165, 1.54) is 19.3 Å². The number of nitrogens with zero attached hydrogens (tertiary/aromatic N) is 1. The number of quaternary nitrogens is 1. The minimum absolute atomic E-state index is 0.219. The normalized spacial score (nSPS) is 11.7. The van der Waals surface area contributed by atoms with Crippen LogP contribution in [0.25, 0.3) is 0 Å². The van der Waals surface area contributed by atoms with Crippen molar-refractivity contribution in [3.63, 3.8) is 0 Å². The van der Waals surface area contributed by atoms with E-state index in [-0.39, 0.29) is 6.54 Å². The third kappa shape index (κ3) is 14.9. The molecular formula is C20H35NO6. The number of carbonyl (C=O) groups excluding carboxylic acids is 1. The fourth-order valence-electron chi connectivity index (χ4n) is 3.31. The molecular weight excluding hydrogens is 350 g/mol. The van der Waals surface area contributed by atoms with Crippen LogP contribution in [0, 0.1) is 0 Å². The summed E-state index contributed by atoms with van der Waals surface area (Å²) in [5.74, 6) is -3.83. The van der Waals surface area contributed by atoms with Gasteiger partial charge in [-0.15, -0.1) is 0 Å². The molecule has 0 atom stereocenters. The molecule has 0 aromatic rings. The van der Waals surface area contributed by atoms with Crippen LogP contribution in [0.5, 0.6) is 0 Å². The minimum atomic E-state index is -1.42. The first-order chi connectivity index (χ1) is 12.8. The number of hydrogen-bond donors (Lipinski definition) is 2. The van der Waals surface area contributed by atoms with Gasteiger partial charge in [-0.1, -0.05) is 51.2 Å². The Morgan fingerprint density at radius 3 is 1.70 bits per heavy atom. The van der Waals surface area contributed by atoms with Crippen molar-refractivity contribution in [3.8, 4) is 0 Å². The molecule has 0 rings (SSSR count). The number of carbonyl (C=O) groups is 3. The second kappa shape index (κ2) is 15.2. The molecule has 0 heterocycles. The Morgan fingerprint density at radius 2 is 1.26 bits per heavy atom. The minimum Gasteiger partial charge on any atom is -0.544 e. The van der Waals surface area contributed by atoms with Gasteiger partial charge in [-0.3, -0.25) is 0 Å². The van der Waals surface area contributed by atoms with E-state index in [4.69, 9.17) is 10.2 Å². The molecule has 27 heavy (non-hydrogen) atoms. The van der Waals surface area contributed by atoms with Gasteiger partial charge in [-0.25, -0.2) is 9.59 Å². The van der Waals surface area contributed by atoms with E-state index in [0.29, 0.717) is 6.42 Å². The largest absolute Gasteiger partial charge is 0.544 e. The fourth-order valence-corrected chi connectivity index (χ4v) is 3.31. The SMILES string of the molecule is CC/C=C/CCCCCCCCCC[N+](CC(=O)[O-])(CC(=O)O)CC(=O)O. The van der Waals surface area contributed by atoms with E-state index in [1.54, 1.807) is 0 Å².